The lowest BCUT2D eigenvalue weighted by atomic mass is 9.94. The molecule has 0 aliphatic carbocycles. The fourth-order valence-electron chi connectivity index (χ4n) is 3.77. The molecule has 0 saturated heterocycles. The van der Waals surface area contributed by atoms with E-state index in [4.69, 9.17) is 23.7 Å². The van der Waals surface area contributed by atoms with Crippen LogP contribution in [0.1, 0.15) is 45.1 Å². The SMILES string of the molecule is C=C(COC(C)=O)C[C@H](C)C[C@@H]1CC=C[C@@H](C/C=C\C(=O)OCc2ccc(OC)cc2OC)O1. The lowest BCUT2D eigenvalue weighted by Gasteiger charge is -2.27. The average Bonchev–Trinajstić information content (AvgIpc) is 2.81. The molecule has 1 aliphatic heterocycles. The van der Waals surface area contributed by atoms with Gasteiger partial charge in [-0.3, -0.25) is 4.79 Å². The minimum Gasteiger partial charge on any atom is -0.497 e. The molecule has 186 valence electrons. The summed E-state index contributed by atoms with van der Waals surface area (Å²) in [6, 6.07) is 5.35. The molecule has 0 radical (unpaired) electrons. The molecule has 0 fully saturated rings. The highest BCUT2D eigenvalue weighted by atomic mass is 16.5. The molecule has 1 heterocycles. The van der Waals surface area contributed by atoms with Crippen LogP contribution in [0.15, 0.2) is 54.7 Å². The summed E-state index contributed by atoms with van der Waals surface area (Å²) in [5.74, 6) is 0.920. The van der Waals surface area contributed by atoms with Crippen LogP contribution >= 0.6 is 0 Å². The summed E-state index contributed by atoms with van der Waals surface area (Å²) in [5, 5.41) is 0. The van der Waals surface area contributed by atoms with Gasteiger partial charge in [0.2, 0.25) is 0 Å². The Labute approximate surface area is 202 Å². The predicted molar refractivity (Wildman–Crippen MR) is 130 cm³/mol. The van der Waals surface area contributed by atoms with Crippen molar-refractivity contribution in [3.63, 3.8) is 0 Å². The summed E-state index contributed by atoms with van der Waals surface area (Å²) in [4.78, 5) is 23.0. The van der Waals surface area contributed by atoms with Crippen LogP contribution in [-0.4, -0.2) is 45.0 Å². The second-order valence-corrected chi connectivity index (χ2v) is 8.46. The Hall–Kier alpha value is -3.06. The molecule has 3 atom stereocenters. The molecule has 7 nitrogen and oxygen atoms in total. The van der Waals surface area contributed by atoms with Crippen molar-refractivity contribution in [2.45, 2.75) is 58.3 Å². The second-order valence-electron chi connectivity index (χ2n) is 8.46. The lowest BCUT2D eigenvalue weighted by molar-refractivity contribution is -0.140. The van der Waals surface area contributed by atoms with Gasteiger partial charge in [-0.05, 0) is 49.3 Å². The first-order chi connectivity index (χ1) is 16.3. The van der Waals surface area contributed by atoms with E-state index in [9.17, 15) is 9.59 Å². The topological polar surface area (TPSA) is 80.3 Å². The summed E-state index contributed by atoms with van der Waals surface area (Å²) in [6.07, 6.45) is 10.5. The van der Waals surface area contributed by atoms with Crippen molar-refractivity contribution in [3.8, 4) is 11.5 Å². The summed E-state index contributed by atoms with van der Waals surface area (Å²) in [5.41, 5.74) is 1.66. The van der Waals surface area contributed by atoms with E-state index in [0.717, 1.165) is 30.4 Å². The summed E-state index contributed by atoms with van der Waals surface area (Å²) in [6.45, 7) is 7.90. The maximum Gasteiger partial charge on any atom is 0.330 e. The van der Waals surface area contributed by atoms with E-state index in [-0.39, 0.29) is 31.4 Å². The third-order valence-corrected chi connectivity index (χ3v) is 5.39. The van der Waals surface area contributed by atoms with Crippen molar-refractivity contribution in [1.29, 1.82) is 0 Å². The number of rotatable bonds is 13. The van der Waals surface area contributed by atoms with Gasteiger partial charge in [0, 0.05) is 24.6 Å². The second kappa shape index (κ2) is 14.3. The van der Waals surface area contributed by atoms with E-state index in [2.05, 4.69) is 19.6 Å². The molecule has 0 N–H and O–H groups in total. The molecule has 34 heavy (non-hydrogen) atoms. The van der Waals surface area contributed by atoms with Gasteiger partial charge in [0.1, 0.15) is 24.7 Å². The Bertz CT molecular complexity index is 887. The highest BCUT2D eigenvalue weighted by Crippen LogP contribution is 2.26. The van der Waals surface area contributed by atoms with Crippen molar-refractivity contribution in [3.05, 3.63) is 60.2 Å². The van der Waals surface area contributed by atoms with Crippen molar-refractivity contribution < 1.29 is 33.3 Å². The molecule has 0 spiro atoms. The van der Waals surface area contributed by atoms with Gasteiger partial charge < -0.3 is 23.7 Å². The molecule has 1 aromatic rings. The largest absolute Gasteiger partial charge is 0.497 e. The molecule has 1 aliphatic rings. The van der Waals surface area contributed by atoms with Crippen LogP contribution in [0.2, 0.25) is 0 Å². The lowest BCUT2D eigenvalue weighted by Crippen LogP contribution is -2.25. The van der Waals surface area contributed by atoms with Gasteiger partial charge in [-0.1, -0.05) is 31.7 Å². The van der Waals surface area contributed by atoms with Crippen LogP contribution in [0.25, 0.3) is 0 Å². The zero-order valence-electron chi connectivity index (χ0n) is 20.6. The van der Waals surface area contributed by atoms with Crippen molar-refractivity contribution in [2.75, 3.05) is 20.8 Å². The highest BCUT2D eigenvalue weighted by Gasteiger charge is 2.20. The van der Waals surface area contributed by atoms with Gasteiger partial charge >= 0.3 is 11.9 Å². The van der Waals surface area contributed by atoms with E-state index < -0.39 is 5.97 Å². The maximum atomic E-state index is 12.1. The fourth-order valence-corrected chi connectivity index (χ4v) is 3.77. The molecule has 0 aromatic heterocycles. The first-order valence-corrected chi connectivity index (χ1v) is 11.5. The summed E-state index contributed by atoms with van der Waals surface area (Å²) < 4.78 is 27.0. The zero-order chi connectivity index (χ0) is 24.9. The first-order valence-electron chi connectivity index (χ1n) is 11.5. The number of esters is 2. The summed E-state index contributed by atoms with van der Waals surface area (Å²) >= 11 is 0. The molecular weight excluding hydrogens is 436 g/mol. The van der Waals surface area contributed by atoms with Crippen LogP contribution in [0, 0.1) is 5.92 Å². The molecule has 7 heteroatoms. The average molecular weight is 473 g/mol. The van der Waals surface area contributed by atoms with E-state index in [0.29, 0.717) is 23.8 Å². The van der Waals surface area contributed by atoms with Crippen LogP contribution in [0.5, 0.6) is 11.5 Å². The molecule has 2 rings (SSSR count). The summed E-state index contributed by atoms with van der Waals surface area (Å²) in [7, 11) is 3.14. The first kappa shape index (κ1) is 27.2. The third kappa shape index (κ3) is 9.83. The molecule has 0 bridgehead atoms. The number of hydrogen-bond acceptors (Lipinski definition) is 7. The number of benzene rings is 1. The van der Waals surface area contributed by atoms with Crippen LogP contribution in [0.4, 0.5) is 0 Å². The Kier molecular flexibility index (Phi) is 11.4. The molecule has 0 saturated carbocycles. The Morgan fingerprint density at radius 2 is 2.03 bits per heavy atom. The van der Waals surface area contributed by atoms with Crippen molar-refractivity contribution in [1.82, 2.24) is 0 Å². The van der Waals surface area contributed by atoms with Crippen LogP contribution < -0.4 is 9.47 Å². The Morgan fingerprint density at radius 3 is 2.74 bits per heavy atom. The highest BCUT2D eigenvalue weighted by molar-refractivity contribution is 5.81. The minimum absolute atomic E-state index is 0.0825. The number of hydrogen-bond donors (Lipinski definition) is 0. The smallest absolute Gasteiger partial charge is 0.330 e. The Morgan fingerprint density at radius 1 is 1.24 bits per heavy atom. The number of carbonyl (C=O) groups is 2. The van der Waals surface area contributed by atoms with Gasteiger partial charge in [0.05, 0.1) is 26.4 Å². The van der Waals surface area contributed by atoms with Crippen molar-refractivity contribution >= 4 is 11.9 Å². The number of ether oxygens (including phenoxy) is 5. The van der Waals surface area contributed by atoms with Crippen molar-refractivity contribution in [2.24, 2.45) is 5.92 Å². The van der Waals surface area contributed by atoms with Gasteiger partial charge in [0.15, 0.2) is 0 Å². The quantitative estimate of drug-likeness (QED) is 0.228. The fraction of sp³-hybridized carbons (Fsp3) is 0.481. The molecule has 0 unspecified atom stereocenters. The molecule has 0 amide bonds. The predicted octanol–water partition coefficient (Wildman–Crippen LogP) is 4.94. The van der Waals surface area contributed by atoms with E-state index in [1.165, 1.54) is 13.0 Å². The van der Waals surface area contributed by atoms with Crippen LogP contribution in [-0.2, 0) is 30.4 Å². The number of carbonyl (C=O) groups excluding carboxylic acids is 2. The van der Waals surface area contributed by atoms with E-state index in [1.54, 1.807) is 32.4 Å². The van der Waals surface area contributed by atoms with Gasteiger partial charge in [-0.2, -0.15) is 0 Å². The van der Waals surface area contributed by atoms with E-state index in [1.807, 2.05) is 12.1 Å². The standard InChI is InChI=1S/C27H36O7/c1-19(14-20(2)17-32-21(3)28)15-25-10-6-8-23(34-25)9-7-11-27(29)33-18-22-12-13-24(30-4)16-26(22)31-5/h6-8,11-13,16,19,23,25H,2,9-10,14-15,17-18H2,1,3-5H3/b11-7-/t19-,23-,25-/m0/s1. The maximum absolute atomic E-state index is 12.1. The van der Waals surface area contributed by atoms with Crippen LogP contribution in [0.3, 0.4) is 0 Å². The Balaban J connectivity index is 1.73. The van der Waals surface area contributed by atoms with Gasteiger partial charge in [0.25, 0.3) is 0 Å². The number of methoxy groups -OCH3 is 2. The minimum atomic E-state index is -0.422. The zero-order valence-corrected chi connectivity index (χ0v) is 20.6. The molecular formula is C27H36O7. The third-order valence-electron chi connectivity index (χ3n) is 5.39. The van der Waals surface area contributed by atoms with Gasteiger partial charge in [-0.25, -0.2) is 4.79 Å². The normalized spacial score (nSPS) is 18.4. The van der Waals surface area contributed by atoms with E-state index >= 15 is 0 Å². The molecule has 1 aromatic carbocycles. The monoisotopic (exact) mass is 472 g/mol. The van der Waals surface area contributed by atoms with Gasteiger partial charge in [-0.15, -0.1) is 0 Å².